The SMILES string of the molecule is CC1(C)COc2cc(Br)c(N)nc21. The zero-order chi connectivity index (χ0) is 9.64. The number of fused-ring (bicyclic) bond motifs is 1. The lowest BCUT2D eigenvalue weighted by Crippen LogP contribution is -2.19. The highest BCUT2D eigenvalue weighted by atomic mass is 79.9. The molecule has 0 fully saturated rings. The van der Waals surface area contributed by atoms with Crippen LogP contribution in [0.3, 0.4) is 0 Å². The normalized spacial score (nSPS) is 18.1. The molecule has 2 rings (SSSR count). The average Bonchev–Trinajstić information content (AvgIpc) is 2.31. The van der Waals surface area contributed by atoms with Gasteiger partial charge in [0.2, 0.25) is 0 Å². The summed E-state index contributed by atoms with van der Waals surface area (Å²) in [7, 11) is 0. The number of aromatic nitrogens is 1. The van der Waals surface area contributed by atoms with Crippen LogP contribution in [-0.2, 0) is 5.41 Å². The molecule has 2 heterocycles. The fourth-order valence-electron chi connectivity index (χ4n) is 1.41. The van der Waals surface area contributed by atoms with E-state index in [9.17, 15) is 0 Å². The highest BCUT2D eigenvalue weighted by Crippen LogP contribution is 2.39. The van der Waals surface area contributed by atoms with Crippen LogP contribution in [0.1, 0.15) is 19.5 Å². The molecule has 0 amide bonds. The number of nitrogens with zero attached hydrogens (tertiary/aromatic N) is 1. The summed E-state index contributed by atoms with van der Waals surface area (Å²) in [4.78, 5) is 4.31. The van der Waals surface area contributed by atoms with Gasteiger partial charge in [-0.3, -0.25) is 0 Å². The second-order valence-electron chi connectivity index (χ2n) is 3.87. The maximum atomic E-state index is 5.70. The predicted octanol–water partition coefficient (Wildman–Crippen LogP) is 2.10. The highest BCUT2D eigenvalue weighted by molar-refractivity contribution is 9.10. The van der Waals surface area contributed by atoms with E-state index < -0.39 is 0 Å². The summed E-state index contributed by atoms with van der Waals surface area (Å²) in [5.41, 5.74) is 6.63. The molecule has 0 unspecified atom stereocenters. The number of anilines is 1. The molecule has 13 heavy (non-hydrogen) atoms. The van der Waals surface area contributed by atoms with E-state index >= 15 is 0 Å². The minimum Gasteiger partial charge on any atom is -0.491 e. The van der Waals surface area contributed by atoms with Gasteiger partial charge in [0.05, 0.1) is 16.8 Å². The highest BCUT2D eigenvalue weighted by Gasteiger charge is 2.34. The molecule has 1 aromatic rings. The molecule has 2 N–H and O–H groups in total. The van der Waals surface area contributed by atoms with E-state index in [1.165, 1.54) is 0 Å². The first-order valence-electron chi connectivity index (χ1n) is 4.10. The van der Waals surface area contributed by atoms with Crippen LogP contribution >= 0.6 is 15.9 Å². The third-order valence-electron chi connectivity index (χ3n) is 2.20. The van der Waals surface area contributed by atoms with Gasteiger partial charge in [0.15, 0.2) is 0 Å². The average molecular weight is 243 g/mol. The first-order chi connectivity index (χ1) is 6.00. The summed E-state index contributed by atoms with van der Waals surface area (Å²) >= 11 is 3.32. The van der Waals surface area contributed by atoms with E-state index in [2.05, 4.69) is 34.8 Å². The van der Waals surface area contributed by atoms with E-state index in [4.69, 9.17) is 10.5 Å². The van der Waals surface area contributed by atoms with Gasteiger partial charge >= 0.3 is 0 Å². The van der Waals surface area contributed by atoms with Gasteiger partial charge in [0.25, 0.3) is 0 Å². The van der Waals surface area contributed by atoms with Crippen molar-refractivity contribution in [1.29, 1.82) is 0 Å². The van der Waals surface area contributed by atoms with Crippen LogP contribution in [0.15, 0.2) is 10.5 Å². The van der Waals surface area contributed by atoms with Gasteiger partial charge in [-0.2, -0.15) is 0 Å². The van der Waals surface area contributed by atoms with E-state index in [1.54, 1.807) is 0 Å². The van der Waals surface area contributed by atoms with Crippen LogP contribution in [0.4, 0.5) is 5.82 Å². The number of pyridine rings is 1. The molecule has 0 bridgehead atoms. The number of halogens is 1. The first kappa shape index (κ1) is 8.81. The van der Waals surface area contributed by atoms with Gasteiger partial charge in [-0.15, -0.1) is 0 Å². The maximum Gasteiger partial charge on any atom is 0.142 e. The molecule has 0 spiro atoms. The Kier molecular flexibility index (Phi) is 1.77. The number of hydrogen-bond donors (Lipinski definition) is 1. The number of ether oxygens (including phenoxy) is 1. The van der Waals surface area contributed by atoms with Crippen molar-refractivity contribution in [3.05, 3.63) is 16.2 Å². The quantitative estimate of drug-likeness (QED) is 0.759. The molecule has 4 heteroatoms. The summed E-state index contributed by atoms with van der Waals surface area (Å²) in [6, 6.07) is 1.88. The molecule has 0 atom stereocenters. The van der Waals surface area contributed by atoms with E-state index in [1.807, 2.05) is 6.07 Å². The standard InChI is InChI=1S/C9H11BrN2O/c1-9(2)4-13-6-3-5(10)8(11)12-7(6)9/h3H,4H2,1-2H3,(H2,11,12). The third kappa shape index (κ3) is 1.29. The van der Waals surface area contributed by atoms with Crippen LogP contribution in [0, 0.1) is 0 Å². The van der Waals surface area contributed by atoms with Crippen molar-refractivity contribution in [2.75, 3.05) is 12.3 Å². The Hall–Kier alpha value is -0.770. The molecule has 70 valence electrons. The van der Waals surface area contributed by atoms with Crippen LogP contribution in [0.5, 0.6) is 5.75 Å². The van der Waals surface area contributed by atoms with Crippen molar-refractivity contribution in [2.24, 2.45) is 0 Å². The van der Waals surface area contributed by atoms with E-state index in [-0.39, 0.29) is 5.41 Å². The zero-order valence-corrected chi connectivity index (χ0v) is 9.18. The van der Waals surface area contributed by atoms with Crippen LogP contribution in [-0.4, -0.2) is 11.6 Å². The van der Waals surface area contributed by atoms with Crippen molar-refractivity contribution < 1.29 is 4.74 Å². The lowest BCUT2D eigenvalue weighted by Gasteiger charge is -2.13. The Morgan fingerprint density at radius 3 is 3.00 bits per heavy atom. The Labute approximate surface area is 85.4 Å². The number of rotatable bonds is 0. The molecule has 0 saturated heterocycles. The summed E-state index contributed by atoms with van der Waals surface area (Å²) in [6.07, 6.45) is 0. The second-order valence-corrected chi connectivity index (χ2v) is 4.73. The summed E-state index contributed by atoms with van der Waals surface area (Å²) in [6.45, 7) is 4.86. The monoisotopic (exact) mass is 242 g/mol. The van der Waals surface area contributed by atoms with Gasteiger partial charge in [0.1, 0.15) is 11.6 Å². The molecule has 0 aliphatic carbocycles. The fourth-order valence-corrected chi connectivity index (χ4v) is 1.70. The summed E-state index contributed by atoms with van der Waals surface area (Å²) in [5, 5.41) is 0. The maximum absolute atomic E-state index is 5.70. The molecule has 3 nitrogen and oxygen atoms in total. The molecular formula is C9H11BrN2O. The van der Waals surface area contributed by atoms with Gasteiger partial charge in [-0.25, -0.2) is 4.98 Å². The topological polar surface area (TPSA) is 48.1 Å². The fraction of sp³-hybridized carbons (Fsp3) is 0.444. The molecule has 1 aliphatic heterocycles. The van der Waals surface area contributed by atoms with Crippen molar-refractivity contribution in [3.63, 3.8) is 0 Å². The minimum atomic E-state index is -0.0237. The molecular weight excluding hydrogens is 232 g/mol. The van der Waals surface area contributed by atoms with E-state index in [0.717, 1.165) is 15.9 Å². The van der Waals surface area contributed by atoms with Crippen LogP contribution in [0.2, 0.25) is 0 Å². The Morgan fingerprint density at radius 1 is 1.62 bits per heavy atom. The third-order valence-corrected chi connectivity index (χ3v) is 2.83. The molecule has 0 radical (unpaired) electrons. The van der Waals surface area contributed by atoms with Crippen LogP contribution in [0.25, 0.3) is 0 Å². The first-order valence-corrected chi connectivity index (χ1v) is 4.89. The van der Waals surface area contributed by atoms with Crippen molar-refractivity contribution in [2.45, 2.75) is 19.3 Å². The second kappa shape index (κ2) is 2.61. The van der Waals surface area contributed by atoms with Gasteiger partial charge < -0.3 is 10.5 Å². The smallest absolute Gasteiger partial charge is 0.142 e. The number of nitrogens with two attached hydrogens (primary N) is 1. The molecule has 1 aromatic heterocycles. The Balaban J connectivity index is 2.61. The lowest BCUT2D eigenvalue weighted by atomic mass is 9.91. The Bertz CT molecular complexity index is 363. The molecule has 0 saturated carbocycles. The van der Waals surface area contributed by atoms with E-state index in [0.29, 0.717) is 12.4 Å². The summed E-state index contributed by atoms with van der Waals surface area (Å²) < 4.78 is 6.30. The van der Waals surface area contributed by atoms with Crippen LogP contribution < -0.4 is 10.5 Å². The van der Waals surface area contributed by atoms with Gasteiger partial charge in [0, 0.05) is 5.41 Å². The largest absolute Gasteiger partial charge is 0.491 e. The number of nitrogen functional groups attached to an aromatic ring is 1. The lowest BCUT2D eigenvalue weighted by molar-refractivity contribution is 0.290. The van der Waals surface area contributed by atoms with Crippen molar-refractivity contribution in [1.82, 2.24) is 4.98 Å². The predicted molar refractivity (Wildman–Crippen MR) is 54.9 cm³/mol. The minimum absolute atomic E-state index is 0.0237. The van der Waals surface area contributed by atoms with Crippen molar-refractivity contribution in [3.8, 4) is 5.75 Å². The zero-order valence-electron chi connectivity index (χ0n) is 7.60. The molecule has 0 aromatic carbocycles. The molecule has 1 aliphatic rings. The van der Waals surface area contributed by atoms with Crippen molar-refractivity contribution >= 4 is 21.7 Å². The summed E-state index contributed by atoms with van der Waals surface area (Å²) in [5.74, 6) is 1.36. The van der Waals surface area contributed by atoms with Gasteiger partial charge in [-0.1, -0.05) is 13.8 Å². The number of hydrogen-bond acceptors (Lipinski definition) is 3. The Morgan fingerprint density at radius 2 is 2.31 bits per heavy atom. The van der Waals surface area contributed by atoms with Gasteiger partial charge in [-0.05, 0) is 22.0 Å².